The van der Waals surface area contributed by atoms with Crippen molar-refractivity contribution in [3.05, 3.63) is 59.9 Å². The second-order valence-corrected chi connectivity index (χ2v) is 7.19. The summed E-state index contributed by atoms with van der Waals surface area (Å²) in [5.41, 5.74) is 0.441. The Morgan fingerprint density at radius 1 is 1.19 bits per heavy atom. The van der Waals surface area contributed by atoms with Crippen LogP contribution in [0, 0.1) is 11.6 Å². The first kappa shape index (κ1) is 22.6. The van der Waals surface area contributed by atoms with Gasteiger partial charge in [0.15, 0.2) is 0 Å². The Bertz CT molecular complexity index is 900. The zero-order valence-electron chi connectivity index (χ0n) is 16.7. The maximum absolute atomic E-state index is 13.7. The summed E-state index contributed by atoms with van der Waals surface area (Å²) in [6.45, 7) is -0.0673. The molecule has 0 radical (unpaired) electrons. The molecule has 1 aliphatic heterocycles. The van der Waals surface area contributed by atoms with E-state index in [2.05, 4.69) is 20.9 Å². The SMILES string of the molecule is O=C(C[C@H]1CC[C@@H](NC(=O)Nc2cc(F)ccc2F)[C@H](CO)O1)NCc1ccccn1. The van der Waals surface area contributed by atoms with Crippen molar-refractivity contribution in [2.24, 2.45) is 0 Å². The van der Waals surface area contributed by atoms with Crippen molar-refractivity contribution in [2.75, 3.05) is 11.9 Å². The quantitative estimate of drug-likeness (QED) is 0.533. The predicted octanol–water partition coefficient (Wildman–Crippen LogP) is 2.10. The summed E-state index contributed by atoms with van der Waals surface area (Å²) in [4.78, 5) is 28.5. The molecular weight excluding hydrogens is 410 g/mol. The molecular formula is C21H24F2N4O4. The zero-order valence-corrected chi connectivity index (χ0v) is 16.7. The Hall–Kier alpha value is -3.11. The lowest BCUT2D eigenvalue weighted by molar-refractivity contribution is -0.130. The summed E-state index contributed by atoms with van der Waals surface area (Å²) >= 11 is 0. The maximum Gasteiger partial charge on any atom is 0.319 e. The number of hydrogen-bond donors (Lipinski definition) is 4. The molecule has 10 heteroatoms. The normalized spacial score (nSPS) is 20.7. The number of carbonyl (C=O) groups is 2. The molecule has 1 aromatic carbocycles. The first-order valence-electron chi connectivity index (χ1n) is 9.90. The molecule has 1 saturated heterocycles. The van der Waals surface area contributed by atoms with Crippen LogP contribution in [0.1, 0.15) is 25.0 Å². The highest BCUT2D eigenvalue weighted by molar-refractivity contribution is 5.89. The van der Waals surface area contributed by atoms with Gasteiger partial charge in [-0.2, -0.15) is 0 Å². The standard InChI is InChI=1S/C21H24F2N4O4/c22-13-4-6-16(23)18(9-13)27-21(30)26-17-7-5-15(31-19(17)12-28)10-20(29)25-11-14-3-1-2-8-24-14/h1-4,6,8-9,15,17,19,28H,5,7,10-12H2,(H,25,29)(H2,26,27,30)/t15-,17-,19+/m1/s1. The molecule has 3 amide bonds. The van der Waals surface area contributed by atoms with Gasteiger partial charge in [-0.1, -0.05) is 6.07 Å². The molecule has 3 atom stereocenters. The van der Waals surface area contributed by atoms with Crippen LogP contribution in [0.4, 0.5) is 19.3 Å². The van der Waals surface area contributed by atoms with Crippen molar-refractivity contribution >= 4 is 17.6 Å². The molecule has 0 unspecified atom stereocenters. The van der Waals surface area contributed by atoms with Crippen LogP contribution in [0.3, 0.4) is 0 Å². The summed E-state index contributed by atoms with van der Waals surface area (Å²) in [7, 11) is 0. The van der Waals surface area contributed by atoms with Crippen LogP contribution < -0.4 is 16.0 Å². The van der Waals surface area contributed by atoms with Crippen LogP contribution in [-0.4, -0.2) is 46.9 Å². The van der Waals surface area contributed by atoms with E-state index in [1.807, 2.05) is 6.07 Å². The number of urea groups is 1. The van der Waals surface area contributed by atoms with E-state index in [9.17, 15) is 23.5 Å². The number of aliphatic hydroxyl groups excluding tert-OH is 1. The molecule has 0 aliphatic carbocycles. The smallest absolute Gasteiger partial charge is 0.319 e. The van der Waals surface area contributed by atoms with Crippen molar-refractivity contribution in [3.63, 3.8) is 0 Å². The van der Waals surface area contributed by atoms with Gasteiger partial charge in [-0.15, -0.1) is 0 Å². The number of pyridine rings is 1. The summed E-state index contributed by atoms with van der Waals surface area (Å²) in [5, 5.41) is 17.3. The van der Waals surface area contributed by atoms with Gasteiger partial charge in [-0.05, 0) is 37.1 Å². The van der Waals surface area contributed by atoms with Crippen molar-refractivity contribution in [2.45, 2.75) is 44.1 Å². The number of benzene rings is 1. The van der Waals surface area contributed by atoms with Crippen molar-refractivity contribution in [3.8, 4) is 0 Å². The number of halogens is 2. The number of amides is 3. The van der Waals surface area contributed by atoms with E-state index < -0.39 is 35.9 Å². The minimum absolute atomic E-state index is 0.108. The van der Waals surface area contributed by atoms with E-state index in [1.54, 1.807) is 18.3 Å². The molecule has 31 heavy (non-hydrogen) atoms. The van der Waals surface area contributed by atoms with Gasteiger partial charge in [0.1, 0.15) is 17.7 Å². The average Bonchev–Trinajstić information content (AvgIpc) is 2.76. The number of hydrogen-bond acceptors (Lipinski definition) is 5. The third-order valence-electron chi connectivity index (χ3n) is 4.89. The largest absolute Gasteiger partial charge is 0.394 e. The molecule has 0 bridgehead atoms. The lowest BCUT2D eigenvalue weighted by atomic mass is 9.97. The van der Waals surface area contributed by atoms with Crippen LogP contribution in [-0.2, 0) is 16.1 Å². The molecule has 0 saturated carbocycles. The number of carbonyl (C=O) groups excluding carboxylic acids is 2. The molecule has 3 rings (SSSR count). The fourth-order valence-corrected chi connectivity index (χ4v) is 3.34. The van der Waals surface area contributed by atoms with Gasteiger partial charge in [0.05, 0.1) is 43.1 Å². The number of rotatable bonds is 7. The van der Waals surface area contributed by atoms with E-state index in [0.717, 1.165) is 23.9 Å². The van der Waals surface area contributed by atoms with E-state index in [-0.39, 0.29) is 24.6 Å². The second kappa shape index (κ2) is 10.8. The van der Waals surface area contributed by atoms with Gasteiger partial charge in [0.25, 0.3) is 0 Å². The summed E-state index contributed by atoms with van der Waals surface area (Å²) in [6.07, 6.45) is 1.53. The van der Waals surface area contributed by atoms with Gasteiger partial charge in [-0.25, -0.2) is 13.6 Å². The van der Waals surface area contributed by atoms with Crippen LogP contribution in [0.25, 0.3) is 0 Å². The third-order valence-corrected chi connectivity index (χ3v) is 4.89. The zero-order chi connectivity index (χ0) is 22.2. The Morgan fingerprint density at radius 2 is 2.03 bits per heavy atom. The fourth-order valence-electron chi connectivity index (χ4n) is 3.34. The molecule has 2 aromatic rings. The van der Waals surface area contributed by atoms with E-state index in [1.165, 1.54) is 0 Å². The molecule has 4 N–H and O–H groups in total. The van der Waals surface area contributed by atoms with E-state index in [0.29, 0.717) is 19.4 Å². The van der Waals surface area contributed by atoms with Gasteiger partial charge < -0.3 is 25.8 Å². The fraction of sp³-hybridized carbons (Fsp3) is 0.381. The van der Waals surface area contributed by atoms with Crippen LogP contribution in [0.5, 0.6) is 0 Å². The first-order chi connectivity index (χ1) is 14.9. The van der Waals surface area contributed by atoms with Crippen molar-refractivity contribution in [1.82, 2.24) is 15.6 Å². The maximum atomic E-state index is 13.7. The van der Waals surface area contributed by atoms with Crippen molar-refractivity contribution in [1.29, 1.82) is 0 Å². The molecule has 2 heterocycles. The summed E-state index contributed by atoms with van der Waals surface area (Å²) in [5.74, 6) is -1.67. The van der Waals surface area contributed by atoms with Gasteiger partial charge in [0, 0.05) is 12.3 Å². The van der Waals surface area contributed by atoms with Crippen LogP contribution in [0.2, 0.25) is 0 Å². The highest BCUT2D eigenvalue weighted by Gasteiger charge is 2.33. The molecule has 1 aliphatic rings. The Morgan fingerprint density at radius 3 is 2.77 bits per heavy atom. The first-order valence-corrected chi connectivity index (χ1v) is 9.90. The lowest BCUT2D eigenvalue weighted by Crippen LogP contribution is -2.52. The lowest BCUT2D eigenvalue weighted by Gasteiger charge is -2.35. The predicted molar refractivity (Wildman–Crippen MR) is 108 cm³/mol. The molecule has 1 aromatic heterocycles. The van der Waals surface area contributed by atoms with E-state index in [4.69, 9.17) is 4.74 Å². The average molecular weight is 434 g/mol. The van der Waals surface area contributed by atoms with Crippen LogP contribution in [0.15, 0.2) is 42.6 Å². The van der Waals surface area contributed by atoms with Gasteiger partial charge in [-0.3, -0.25) is 9.78 Å². The minimum atomic E-state index is -0.771. The van der Waals surface area contributed by atoms with E-state index >= 15 is 0 Å². The molecule has 166 valence electrons. The van der Waals surface area contributed by atoms with Gasteiger partial charge >= 0.3 is 6.03 Å². The number of nitrogens with one attached hydrogen (secondary N) is 3. The number of aromatic nitrogens is 1. The van der Waals surface area contributed by atoms with Crippen molar-refractivity contribution < 1.29 is 28.2 Å². The number of nitrogens with zero attached hydrogens (tertiary/aromatic N) is 1. The number of aliphatic hydroxyl groups is 1. The Kier molecular flexibility index (Phi) is 7.85. The highest BCUT2D eigenvalue weighted by atomic mass is 19.1. The Balaban J connectivity index is 1.46. The highest BCUT2D eigenvalue weighted by Crippen LogP contribution is 2.22. The molecule has 0 spiro atoms. The topological polar surface area (TPSA) is 113 Å². The number of ether oxygens (including phenoxy) is 1. The third kappa shape index (κ3) is 6.69. The molecule has 8 nitrogen and oxygen atoms in total. The minimum Gasteiger partial charge on any atom is -0.394 e. The monoisotopic (exact) mass is 434 g/mol. The number of anilines is 1. The summed E-state index contributed by atoms with van der Waals surface area (Å²) in [6, 6.07) is 6.85. The molecule has 1 fully saturated rings. The summed E-state index contributed by atoms with van der Waals surface area (Å²) < 4.78 is 32.7. The second-order valence-electron chi connectivity index (χ2n) is 7.19. The Labute approximate surface area is 178 Å². The van der Waals surface area contributed by atoms with Crippen LogP contribution >= 0.6 is 0 Å². The van der Waals surface area contributed by atoms with Gasteiger partial charge in [0.2, 0.25) is 5.91 Å².